The molecule has 0 bridgehead atoms. The molecule has 2 N–H and O–H groups in total. The zero-order chi connectivity index (χ0) is 21.3. The first-order valence-corrected chi connectivity index (χ1v) is 11.1. The van der Waals surface area contributed by atoms with Gasteiger partial charge in [0, 0.05) is 10.7 Å². The van der Waals surface area contributed by atoms with Gasteiger partial charge in [0.25, 0.3) is 10.0 Å². The number of nitrogens with zero attached hydrogens (tertiary/aromatic N) is 2. The van der Waals surface area contributed by atoms with Crippen LogP contribution in [0.25, 0.3) is 11.0 Å². The normalized spacial score (nSPS) is 11.4. The monoisotopic (exact) mass is 438 g/mol. The van der Waals surface area contributed by atoms with Gasteiger partial charge in [-0.2, -0.15) is 0 Å². The highest BCUT2D eigenvalue weighted by Gasteiger charge is 2.19. The molecule has 0 unspecified atom stereocenters. The van der Waals surface area contributed by atoms with Gasteiger partial charge >= 0.3 is 0 Å². The molecular formula is C22H19ClN4O2S. The van der Waals surface area contributed by atoms with Crippen LogP contribution in [0.1, 0.15) is 11.1 Å². The molecule has 1 aromatic heterocycles. The second-order valence-corrected chi connectivity index (χ2v) is 9.02. The fourth-order valence-corrected chi connectivity index (χ4v) is 4.26. The number of anilines is 3. The lowest BCUT2D eigenvalue weighted by atomic mass is 10.1. The highest BCUT2D eigenvalue weighted by Crippen LogP contribution is 2.28. The molecule has 0 aliphatic rings. The Balaban J connectivity index is 1.83. The molecule has 1 heterocycles. The molecule has 0 fully saturated rings. The van der Waals surface area contributed by atoms with Crippen LogP contribution in [0.2, 0.25) is 5.02 Å². The lowest BCUT2D eigenvalue weighted by molar-refractivity contribution is 0.601. The molecule has 8 heteroatoms. The zero-order valence-corrected chi connectivity index (χ0v) is 17.9. The van der Waals surface area contributed by atoms with Gasteiger partial charge in [0.05, 0.1) is 15.9 Å². The summed E-state index contributed by atoms with van der Waals surface area (Å²) >= 11 is 5.97. The van der Waals surface area contributed by atoms with E-state index in [2.05, 4.69) is 20.0 Å². The van der Waals surface area contributed by atoms with Gasteiger partial charge < -0.3 is 5.32 Å². The van der Waals surface area contributed by atoms with Crippen LogP contribution in [-0.2, 0) is 10.0 Å². The van der Waals surface area contributed by atoms with E-state index in [9.17, 15) is 8.42 Å². The Morgan fingerprint density at radius 2 is 1.43 bits per heavy atom. The Hall–Kier alpha value is -3.16. The standard InChI is InChI=1S/C22H19ClN4O2S/c1-14-11-19-20(12-15(14)2)26-22(21(25-19)24-17-8-4-3-5-9-17)27-30(28,29)18-10-6-7-16(23)13-18/h3-13H,1-2H3,(H,24,25)(H,26,27). The summed E-state index contributed by atoms with van der Waals surface area (Å²) in [5.41, 5.74) is 4.15. The molecule has 0 aliphatic carbocycles. The van der Waals surface area contributed by atoms with Crippen LogP contribution in [0.3, 0.4) is 0 Å². The minimum atomic E-state index is -3.91. The van der Waals surface area contributed by atoms with E-state index in [-0.39, 0.29) is 10.7 Å². The summed E-state index contributed by atoms with van der Waals surface area (Å²) in [6, 6.07) is 19.2. The summed E-state index contributed by atoms with van der Waals surface area (Å²) in [7, 11) is -3.91. The third kappa shape index (κ3) is 4.22. The minimum Gasteiger partial charge on any atom is -0.337 e. The highest BCUT2D eigenvalue weighted by atomic mass is 35.5. The van der Waals surface area contributed by atoms with E-state index in [0.29, 0.717) is 21.9 Å². The second kappa shape index (κ2) is 7.93. The first kappa shape index (κ1) is 20.1. The van der Waals surface area contributed by atoms with Gasteiger partial charge in [-0.3, -0.25) is 4.72 Å². The summed E-state index contributed by atoms with van der Waals surface area (Å²) in [4.78, 5) is 9.24. The molecule has 0 saturated carbocycles. The third-order valence-electron chi connectivity index (χ3n) is 4.65. The molecular weight excluding hydrogens is 420 g/mol. The van der Waals surface area contributed by atoms with E-state index in [1.165, 1.54) is 12.1 Å². The van der Waals surface area contributed by atoms with Crippen molar-refractivity contribution in [3.8, 4) is 0 Å². The van der Waals surface area contributed by atoms with Crippen LogP contribution >= 0.6 is 11.6 Å². The fourth-order valence-electron chi connectivity index (χ4n) is 2.95. The largest absolute Gasteiger partial charge is 0.337 e. The maximum atomic E-state index is 13.0. The molecule has 4 rings (SSSR count). The van der Waals surface area contributed by atoms with Crippen LogP contribution < -0.4 is 10.0 Å². The van der Waals surface area contributed by atoms with E-state index in [4.69, 9.17) is 11.6 Å². The Bertz CT molecular complexity index is 1340. The van der Waals surface area contributed by atoms with Gasteiger partial charge in [0.1, 0.15) is 0 Å². The van der Waals surface area contributed by atoms with Crippen molar-refractivity contribution in [2.24, 2.45) is 0 Å². The van der Waals surface area contributed by atoms with E-state index >= 15 is 0 Å². The topological polar surface area (TPSA) is 84.0 Å². The van der Waals surface area contributed by atoms with Gasteiger partial charge in [-0.15, -0.1) is 0 Å². The first-order valence-electron chi connectivity index (χ1n) is 9.21. The molecule has 30 heavy (non-hydrogen) atoms. The van der Waals surface area contributed by atoms with Gasteiger partial charge in [-0.25, -0.2) is 18.4 Å². The number of hydrogen-bond donors (Lipinski definition) is 2. The Morgan fingerprint density at radius 3 is 2.07 bits per heavy atom. The molecule has 4 aromatic rings. The van der Waals surface area contributed by atoms with Crippen molar-refractivity contribution >= 4 is 50.0 Å². The van der Waals surface area contributed by atoms with Crippen LogP contribution in [0.15, 0.2) is 71.6 Å². The first-order chi connectivity index (χ1) is 14.3. The lowest BCUT2D eigenvalue weighted by Gasteiger charge is -2.14. The second-order valence-electron chi connectivity index (χ2n) is 6.90. The number of para-hydroxylation sites is 1. The van der Waals surface area contributed by atoms with Crippen molar-refractivity contribution < 1.29 is 8.42 Å². The molecule has 6 nitrogen and oxygen atoms in total. The number of rotatable bonds is 5. The number of aryl methyl sites for hydroxylation is 2. The molecule has 0 aliphatic heterocycles. The van der Waals surface area contributed by atoms with Gasteiger partial charge in [-0.05, 0) is 67.4 Å². The summed E-state index contributed by atoms with van der Waals surface area (Å²) in [6.45, 7) is 3.97. The molecule has 0 atom stereocenters. The molecule has 152 valence electrons. The smallest absolute Gasteiger partial charge is 0.263 e. The Labute approximate surface area is 180 Å². The number of aromatic nitrogens is 2. The average Bonchev–Trinajstić information content (AvgIpc) is 2.70. The Morgan fingerprint density at radius 1 is 0.800 bits per heavy atom. The van der Waals surface area contributed by atoms with Crippen molar-refractivity contribution in [2.75, 3.05) is 10.0 Å². The summed E-state index contributed by atoms with van der Waals surface area (Å²) < 4.78 is 28.5. The Kier molecular flexibility index (Phi) is 5.32. The van der Waals surface area contributed by atoms with Crippen molar-refractivity contribution in [3.05, 3.63) is 82.9 Å². The predicted octanol–water partition coefficient (Wildman–Crippen LogP) is 5.44. The van der Waals surface area contributed by atoms with E-state index in [0.717, 1.165) is 16.8 Å². The summed E-state index contributed by atoms with van der Waals surface area (Å²) in [5.74, 6) is 0.414. The van der Waals surface area contributed by atoms with Gasteiger partial charge in [-0.1, -0.05) is 35.9 Å². The number of benzene rings is 3. The van der Waals surface area contributed by atoms with Crippen molar-refractivity contribution in [3.63, 3.8) is 0 Å². The number of nitrogens with one attached hydrogen (secondary N) is 2. The van der Waals surface area contributed by atoms with Crippen LogP contribution in [0, 0.1) is 13.8 Å². The molecule has 0 amide bonds. The van der Waals surface area contributed by atoms with E-state index < -0.39 is 10.0 Å². The quantitative estimate of drug-likeness (QED) is 0.433. The van der Waals surface area contributed by atoms with Gasteiger partial charge in [0.2, 0.25) is 0 Å². The zero-order valence-electron chi connectivity index (χ0n) is 16.3. The molecule has 0 spiro atoms. The molecule has 0 saturated heterocycles. The molecule has 0 radical (unpaired) electrons. The summed E-state index contributed by atoms with van der Waals surface area (Å²) in [5, 5.41) is 3.49. The fraction of sp³-hybridized carbons (Fsp3) is 0.0909. The maximum Gasteiger partial charge on any atom is 0.263 e. The van der Waals surface area contributed by atoms with Crippen LogP contribution in [0.4, 0.5) is 17.3 Å². The number of halogens is 1. The maximum absolute atomic E-state index is 13.0. The van der Waals surface area contributed by atoms with E-state index in [1.807, 2.05) is 56.3 Å². The summed E-state index contributed by atoms with van der Waals surface area (Å²) in [6.07, 6.45) is 0. The SMILES string of the molecule is Cc1cc2nc(Nc3ccccc3)c(NS(=O)(=O)c3cccc(Cl)c3)nc2cc1C. The van der Waals surface area contributed by atoms with Crippen molar-refractivity contribution in [2.45, 2.75) is 18.7 Å². The van der Waals surface area contributed by atoms with E-state index in [1.54, 1.807) is 12.1 Å². The minimum absolute atomic E-state index is 0.0441. The number of fused-ring (bicyclic) bond motifs is 1. The van der Waals surface area contributed by atoms with Gasteiger partial charge in [0.15, 0.2) is 11.6 Å². The number of sulfonamides is 1. The third-order valence-corrected chi connectivity index (χ3v) is 6.23. The van der Waals surface area contributed by atoms with Crippen LogP contribution in [-0.4, -0.2) is 18.4 Å². The highest BCUT2D eigenvalue weighted by molar-refractivity contribution is 7.92. The average molecular weight is 439 g/mol. The van der Waals surface area contributed by atoms with Crippen molar-refractivity contribution in [1.82, 2.24) is 9.97 Å². The lowest BCUT2D eigenvalue weighted by Crippen LogP contribution is -2.16. The number of hydrogen-bond acceptors (Lipinski definition) is 5. The predicted molar refractivity (Wildman–Crippen MR) is 121 cm³/mol. The van der Waals surface area contributed by atoms with Crippen molar-refractivity contribution in [1.29, 1.82) is 0 Å². The molecule has 3 aromatic carbocycles. The van der Waals surface area contributed by atoms with Crippen LogP contribution in [0.5, 0.6) is 0 Å².